The molecule has 1 atom stereocenters. The molecule has 8 nitrogen and oxygen atoms in total. The van der Waals surface area contributed by atoms with E-state index in [-0.39, 0.29) is 11.9 Å². The van der Waals surface area contributed by atoms with Crippen molar-refractivity contribution >= 4 is 29.3 Å². The van der Waals surface area contributed by atoms with Gasteiger partial charge in [0.1, 0.15) is 11.5 Å². The van der Waals surface area contributed by atoms with Crippen LogP contribution in [0.15, 0.2) is 65.0 Å². The van der Waals surface area contributed by atoms with Crippen molar-refractivity contribution in [2.24, 2.45) is 5.92 Å². The lowest BCUT2D eigenvalue weighted by Crippen LogP contribution is -2.31. The van der Waals surface area contributed by atoms with Gasteiger partial charge in [-0.25, -0.2) is 4.68 Å². The normalized spacial score (nSPS) is 15.0. The van der Waals surface area contributed by atoms with E-state index in [9.17, 15) is 4.79 Å². The largest absolute Gasteiger partial charge is 0.497 e. The minimum atomic E-state index is -0.236. The van der Waals surface area contributed by atoms with E-state index in [2.05, 4.69) is 30.5 Å². The highest BCUT2D eigenvalue weighted by Gasteiger charge is 2.33. The van der Waals surface area contributed by atoms with Gasteiger partial charge in [-0.05, 0) is 49.1 Å². The minimum absolute atomic E-state index is 0.183. The standard InChI is InChI=1S/C26H31N5O3S/c1-16(2)13-21-23(24(32)28-20-11-6-7-12-22(20)34-5)17(3)27-25-29-26(30-31(21)25)35-15-18-9-8-10-19(14-18)33-4/h6-12,14,16,21H,13,15H2,1-5H3,(H,28,32)(H,27,29,30)/t21-/m1/s1. The fraction of sp³-hybridized carbons (Fsp3) is 0.346. The van der Waals surface area contributed by atoms with Crippen LogP contribution in [0.2, 0.25) is 0 Å². The van der Waals surface area contributed by atoms with E-state index in [4.69, 9.17) is 19.6 Å². The number of carbonyl (C=O) groups is 1. The fourth-order valence-electron chi connectivity index (χ4n) is 4.11. The van der Waals surface area contributed by atoms with Crippen LogP contribution in [-0.4, -0.2) is 34.9 Å². The summed E-state index contributed by atoms with van der Waals surface area (Å²) >= 11 is 1.55. The summed E-state index contributed by atoms with van der Waals surface area (Å²) < 4.78 is 12.6. The second-order valence-electron chi connectivity index (χ2n) is 8.77. The summed E-state index contributed by atoms with van der Waals surface area (Å²) in [6, 6.07) is 15.1. The summed E-state index contributed by atoms with van der Waals surface area (Å²) in [6.07, 6.45) is 0.754. The van der Waals surface area contributed by atoms with E-state index < -0.39 is 0 Å². The second-order valence-corrected chi connectivity index (χ2v) is 9.71. The number of fused-ring (bicyclic) bond motifs is 1. The molecule has 1 aliphatic rings. The van der Waals surface area contributed by atoms with Gasteiger partial charge in [0, 0.05) is 11.4 Å². The van der Waals surface area contributed by atoms with E-state index in [1.165, 1.54) is 0 Å². The van der Waals surface area contributed by atoms with Crippen molar-refractivity contribution in [2.75, 3.05) is 24.9 Å². The molecule has 0 radical (unpaired) electrons. The zero-order chi connectivity index (χ0) is 24.9. The molecule has 35 heavy (non-hydrogen) atoms. The average molecular weight is 494 g/mol. The highest BCUT2D eigenvalue weighted by Crippen LogP contribution is 2.37. The van der Waals surface area contributed by atoms with E-state index in [1.807, 2.05) is 54.1 Å². The van der Waals surface area contributed by atoms with Gasteiger partial charge in [-0.15, -0.1) is 5.10 Å². The first kappa shape index (κ1) is 24.7. The van der Waals surface area contributed by atoms with Crippen molar-refractivity contribution in [1.82, 2.24) is 14.8 Å². The first-order valence-electron chi connectivity index (χ1n) is 11.5. The van der Waals surface area contributed by atoms with Crippen LogP contribution in [-0.2, 0) is 10.5 Å². The van der Waals surface area contributed by atoms with Gasteiger partial charge in [0.05, 0.1) is 31.5 Å². The third kappa shape index (κ3) is 5.62. The summed E-state index contributed by atoms with van der Waals surface area (Å²) in [7, 11) is 3.25. The average Bonchev–Trinajstić information content (AvgIpc) is 3.25. The highest BCUT2D eigenvalue weighted by atomic mass is 32.2. The van der Waals surface area contributed by atoms with E-state index in [0.717, 1.165) is 23.4 Å². The molecule has 2 aromatic carbocycles. The van der Waals surface area contributed by atoms with E-state index in [0.29, 0.717) is 39.8 Å². The topological polar surface area (TPSA) is 90.3 Å². The Balaban J connectivity index is 1.58. The number of para-hydroxylation sites is 2. The van der Waals surface area contributed by atoms with Gasteiger partial charge >= 0.3 is 0 Å². The number of thioether (sulfide) groups is 1. The van der Waals surface area contributed by atoms with Crippen molar-refractivity contribution < 1.29 is 14.3 Å². The number of amides is 1. The fourth-order valence-corrected chi connectivity index (χ4v) is 4.88. The number of aromatic nitrogens is 3. The molecule has 0 fully saturated rings. The number of nitrogens with zero attached hydrogens (tertiary/aromatic N) is 3. The number of nitrogens with one attached hydrogen (secondary N) is 2. The predicted octanol–water partition coefficient (Wildman–Crippen LogP) is 5.51. The number of anilines is 2. The molecule has 3 aromatic rings. The maximum absolute atomic E-state index is 13.5. The smallest absolute Gasteiger partial charge is 0.255 e. The van der Waals surface area contributed by atoms with Crippen molar-refractivity contribution in [3.05, 3.63) is 65.4 Å². The lowest BCUT2D eigenvalue weighted by Gasteiger charge is -2.29. The highest BCUT2D eigenvalue weighted by molar-refractivity contribution is 7.98. The molecule has 0 unspecified atom stereocenters. The van der Waals surface area contributed by atoms with Gasteiger partial charge in [0.25, 0.3) is 5.91 Å². The zero-order valence-electron chi connectivity index (χ0n) is 20.7. The van der Waals surface area contributed by atoms with Gasteiger partial charge in [-0.1, -0.05) is 49.9 Å². The first-order valence-corrected chi connectivity index (χ1v) is 12.5. The molecule has 4 rings (SSSR count). The van der Waals surface area contributed by atoms with Gasteiger partial charge in [-0.2, -0.15) is 4.98 Å². The summed E-state index contributed by atoms with van der Waals surface area (Å²) in [5.74, 6) is 2.96. The minimum Gasteiger partial charge on any atom is -0.497 e. The van der Waals surface area contributed by atoms with Gasteiger partial charge < -0.3 is 20.1 Å². The number of rotatable bonds is 9. The van der Waals surface area contributed by atoms with Crippen molar-refractivity contribution in [2.45, 2.75) is 44.1 Å². The Hall–Kier alpha value is -3.46. The summed E-state index contributed by atoms with van der Waals surface area (Å²) in [4.78, 5) is 18.2. The predicted molar refractivity (Wildman–Crippen MR) is 139 cm³/mol. The van der Waals surface area contributed by atoms with E-state index in [1.54, 1.807) is 26.0 Å². The molecule has 9 heteroatoms. The molecular weight excluding hydrogens is 462 g/mol. The maximum atomic E-state index is 13.5. The van der Waals surface area contributed by atoms with Crippen LogP contribution in [0.3, 0.4) is 0 Å². The number of allylic oxidation sites excluding steroid dienone is 1. The van der Waals surface area contributed by atoms with Crippen LogP contribution in [0.25, 0.3) is 0 Å². The third-order valence-corrected chi connectivity index (χ3v) is 6.65. The lowest BCUT2D eigenvalue weighted by atomic mass is 9.94. The Kier molecular flexibility index (Phi) is 7.65. The summed E-state index contributed by atoms with van der Waals surface area (Å²) in [5.41, 5.74) is 3.17. The molecule has 0 bridgehead atoms. The van der Waals surface area contributed by atoms with E-state index >= 15 is 0 Å². The molecule has 0 spiro atoms. The molecule has 0 saturated carbocycles. The number of hydrogen-bond donors (Lipinski definition) is 2. The van der Waals surface area contributed by atoms with Crippen molar-refractivity contribution in [3.8, 4) is 11.5 Å². The van der Waals surface area contributed by atoms with Crippen molar-refractivity contribution in [3.63, 3.8) is 0 Å². The number of carbonyl (C=O) groups excluding carboxylic acids is 1. The van der Waals surface area contributed by atoms with Crippen LogP contribution in [0.5, 0.6) is 11.5 Å². The Bertz CT molecular complexity index is 1240. The molecule has 1 aromatic heterocycles. The molecule has 0 saturated heterocycles. The molecule has 1 amide bonds. The Morgan fingerprint density at radius 3 is 2.71 bits per heavy atom. The number of benzene rings is 2. The van der Waals surface area contributed by atoms with Crippen LogP contribution in [0.4, 0.5) is 11.6 Å². The molecular formula is C26H31N5O3S. The Morgan fingerprint density at radius 2 is 1.97 bits per heavy atom. The number of hydrogen-bond acceptors (Lipinski definition) is 7. The molecule has 0 aliphatic carbocycles. The first-order chi connectivity index (χ1) is 16.9. The van der Waals surface area contributed by atoms with Gasteiger partial charge in [0.2, 0.25) is 11.1 Å². The van der Waals surface area contributed by atoms with Crippen molar-refractivity contribution in [1.29, 1.82) is 0 Å². The van der Waals surface area contributed by atoms with Crippen LogP contribution >= 0.6 is 11.8 Å². The molecule has 2 N–H and O–H groups in total. The van der Waals surface area contributed by atoms with Gasteiger partial charge in [-0.3, -0.25) is 4.79 Å². The maximum Gasteiger partial charge on any atom is 0.255 e. The molecule has 2 heterocycles. The van der Waals surface area contributed by atoms with Crippen LogP contribution in [0.1, 0.15) is 38.8 Å². The monoisotopic (exact) mass is 493 g/mol. The molecule has 1 aliphatic heterocycles. The van der Waals surface area contributed by atoms with Gasteiger partial charge in [0.15, 0.2) is 0 Å². The third-order valence-electron chi connectivity index (χ3n) is 5.74. The molecule has 184 valence electrons. The Labute approximate surface area is 210 Å². The van der Waals surface area contributed by atoms with Crippen LogP contribution in [0, 0.1) is 5.92 Å². The SMILES string of the molecule is COc1cccc(CSc2nc3n(n2)[C@H](CC(C)C)C(C(=O)Nc2ccccc2OC)=C(C)N3)c1. The summed E-state index contributed by atoms with van der Waals surface area (Å²) in [5, 5.41) is 11.8. The quantitative estimate of drug-likeness (QED) is 0.380. The Morgan fingerprint density at radius 1 is 1.17 bits per heavy atom. The number of methoxy groups -OCH3 is 2. The second kappa shape index (κ2) is 10.9. The summed E-state index contributed by atoms with van der Waals surface area (Å²) in [6.45, 7) is 6.19. The lowest BCUT2D eigenvalue weighted by molar-refractivity contribution is -0.113. The zero-order valence-corrected chi connectivity index (χ0v) is 21.5. The number of ether oxygens (including phenoxy) is 2. The van der Waals surface area contributed by atoms with Crippen LogP contribution < -0.4 is 20.1 Å².